The summed E-state index contributed by atoms with van der Waals surface area (Å²) in [5, 5.41) is 8.40. The first-order valence-electron chi connectivity index (χ1n) is 4.35. The molecule has 5 heteroatoms. The van der Waals surface area contributed by atoms with Crippen molar-refractivity contribution in [3.63, 3.8) is 0 Å². The van der Waals surface area contributed by atoms with E-state index in [2.05, 4.69) is 4.98 Å². The van der Waals surface area contributed by atoms with E-state index in [-0.39, 0.29) is 12.1 Å². The van der Waals surface area contributed by atoms with E-state index in [1.54, 1.807) is 19.2 Å². The second-order valence-electron chi connectivity index (χ2n) is 3.04. The molecule has 0 saturated carbocycles. The fraction of sp³-hybridized carbons (Fsp3) is 0.444. The first-order chi connectivity index (χ1) is 6.59. The van der Waals surface area contributed by atoms with Crippen molar-refractivity contribution in [1.29, 1.82) is 0 Å². The highest BCUT2D eigenvalue weighted by Crippen LogP contribution is 1.93. The Labute approximate surface area is 81.0 Å². The minimum absolute atomic E-state index is 0.0698. The summed E-state index contributed by atoms with van der Waals surface area (Å²) in [5.74, 6) is -0.849. The summed E-state index contributed by atoms with van der Waals surface area (Å²) in [5.41, 5.74) is 0.347. The lowest BCUT2D eigenvalue weighted by Gasteiger charge is -2.02. The molecule has 0 saturated heterocycles. The fourth-order valence-corrected chi connectivity index (χ4v) is 1.08. The van der Waals surface area contributed by atoms with E-state index in [4.69, 9.17) is 5.11 Å². The molecule has 0 atom stereocenters. The molecule has 1 aromatic rings. The van der Waals surface area contributed by atoms with Crippen LogP contribution in [0.2, 0.25) is 0 Å². The van der Waals surface area contributed by atoms with Gasteiger partial charge < -0.3 is 5.11 Å². The number of aromatic nitrogens is 2. The van der Waals surface area contributed by atoms with Crippen LogP contribution >= 0.6 is 0 Å². The Kier molecular flexibility index (Phi) is 3.39. The predicted octanol–water partition coefficient (Wildman–Crippen LogP) is 0.417. The number of carboxylic acid groups (broad SMARTS) is 1. The van der Waals surface area contributed by atoms with E-state index in [1.165, 1.54) is 4.57 Å². The Bertz CT molecular complexity index is 384. The molecule has 1 N–H and O–H groups in total. The number of hydrogen-bond donors (Lipinski definition) is 1. The molecule has 0 fully saturated rings. The Balaban J connectivity index is 2.59. The van der Waals surface area contributed by atoms with E-state index in [9.17, 15) is 9.59 Å². The lowest BCUT2D eigenvalue weighted by Crippen LogP contribution is -2.23. The minimum atomic E-state index is -0.849. The lowest BCUT2D eigenvalue weighted by molar-refractivity contribution is -0.137. The van der Waals surface area contributed by atoms with E-state index in [0.717, 1.165) is 0 Å². The van der Waals surface area contributed by atoms with Crippen LogP contribution in [0.1, 0.15) is 18.5 Å². The van der Waals surface area contributed by atoms with Gasteiger partial charge in [0, 0.05) is 24.9 Å². The molecule has 0 aliphatic rings. The van der Waals surface area contributed by atoms with Gasteiger partial charge in [-0.1, -0.05) is 0 Å². The maximum absolute atomic E-state index is 11.2. The van der Waals surface area contributed by atoms with E-state index >= 15 is 0 Å². The van der Waals surface area contributed by atoms with Crippen LogP contribution in [0, 0.1) is 6.92 Å². The van der Waals surface area contributed by atoms with Gasteiger partial charge in [0.05, 0.1) is 0 Å². The van der Waals surface area contributed by atoms with Crippen LogP contribution in [-0.4, -0.2) is 20.6 Å². The first-order valence-corrected chi connectivity index (χ1v) is 4.35. The van der Waals surface area contributed by atoms with Crippen molar-refractivity contribution in [3.05, 3.63) is 28.4 Å². The molecule has 0 aliphatic carbocycles. The molecule has 1 rings (SSSR count). The molecule has 76 valence electrons. The fourth-order valence-electron chi connectivity index (χ4n) is 1.08. The molecule has 1 heterocycles. The molecule has 0 aromatic carbocycles. The van der Waals surface area contributed by atoms with Gasteiger partial charge in [0.15, 0.2) is 0 Å². The molecule has 0 spiro atoms. The summed E-state index contributed by atoms with van der Waals surface area (Å²) >= 11 is 0. The summed E-state index contributed by atoms with van der Waals surface area (Å²) in [6, 6.07) is 1.72. The normalized spacial score (nSPS) is 10.1. The summed E-state index contributed by atoms with van der Waals surface area (Å²) in [6.45, 7) is 2.14. The zero-order valence-electron chi connectivity index (χ0n) is 7.93. The average molecular weight is 196 g/mol. The molecule has 0 unspecified atom stereocenters. The molecule has 5 nitrogen and oxygen atoms in total. The maximum Gasteiger partial charge on any atom is 0.347 e. The van der Waals surface area contributed by atoms with Gasteiger partial charge in [0.25, 0.3) is 0 Å². The van der Waals surface area contributed by atoms with Crippen LogP contribution in [0.5, 0.6) is 0 Å². The number of carboxylic acids is 1. The second kappa shape index (κ2) is 4.55. The molecular weight excluding hydrogens is 184 g/mol. The zero-order chi connectivity index (χ0) is 10.6. The largest absolute Gasteiger partial charge is 0.481 e. The molecule has 0 aliphatic heterocycles. The van der Waals surface area contributed by atoms with Crippen LogP contribution in [0.4, 0.5) is 0 Å². The van der Waals surface area contributed by atoms with Gasteiger partial charge in [-0.25, -0.2) is 4.79 Å². The van der Waals surface area contributed by atoms with Crippen molar-refractivity contribution in [3.8, 4) is 0 Å². The number of rotatable bonds is 4. The highest BCUT2D eigenvalue weighted by Gasteiger charge is 1.99. The van der Waals surface area contributed by atoms with Crippen molar-refractivity contribution in [2.75, 3.05) is 0 Å². The molecule has 0 radical (unpaired) electrons. The van der Waals surface area contributed by atoms with Crippen LogP contribution in [0.15, 0.2) is 17.1 Å². The summed E-state index contributed by atoms with van der Waals surface area (Å²) in [4.78, 5) is 25.2. The van der Waals surface area contributed by atoms with Crippen molar-refractivity contribution >= 4 is 5.97 Å². The molecule has 1 aromatic heterocycles. The maximum atomic E-state index is 11.2. The van der Waals surface area contributed by atoms with Gasteiger partial charge in [-0.15, -0.1) is 0 Å². The van der Waals surface area contributed by atoms with Crippen LogP contribution in [0.3, 0.4) is 0 Å². The minimum Gasteiger partial charge on any atom is -0.481 e. The third-order valence-electron chi connectivity index (χ3n) is 1.80. The zero-order valence-corrected chi connectivity index (χ0v) is 7.93. The quantitative estimate of drug-likeness (QED) is 0.757. The highest BCUT2D eigenvalue weighted by atomic mass is 16.4. The first kappa shape index (κ1) is 10.4. The molecular formula is C9H12N2O3. The third kappa shape index (κ3) is 3.01. The standard InChI is InChI=1S/C9H12N2O3/c1-7-4-6-11(9(14)10-7)5-2-3-8(12)13/h4,6H,2-3,5H2,1H3,(H,12,13). The Morgan fingerprint density at radius 2 is 2.36 bits per heavy atom. The average Bonchev–Trinajstić information content (AvgIpc) is 2.08. The van der Waals surface area contributed by atoms with E-state index in [0.29, 0.717) is 18.7 Å². The third-order valence-corrected chi connectivity index (χ3v) is 1.80. The Hall–Kier alpha value is -1.65. The number of nitrogens with zero attached hydrogens (tertiary/aromatic N) is 2. The lowest BCUT2D eigenvalue weighted by atomic mass is 10.3. The van der Waals surface area contributed by atoms with Crippen LogP contribution < -0.4 is 5.69 Å². The molecule has 14 heavy (non-hydrogen) atoms. The van der Waals surface area contributed by atoms with Crippen molar-refractivity contribution < 1.29 is 9.90 Å². The smallest absolute Gasteiger partial charge is 0.347 e. The second-order valence-corrected chi connectivity index (χ2v) is 3.04. The number of aryl methyl sites for hydroxylation is 2. The number of hydrogen-bond acceptors (Lipinski definition) is 3. The monoisotopic (exact) mass is 196 g/mol. The predicted molar refractivity (Wildman–Crippen MR) is 50.1 cm³/mol. The van der Waals surface area contributed by atoms with Crippen LogP contribution in [-0.2, 0) is 11.3 Å². The number of aliphatic carboxylic acids is 1. The van der Waals surface area contributed by atoms with Crippen LogP contribution in [0.25, 0.3) is 0 Å². The van der Waals surface area contributed by atoms with E-state index in [1.807, 2.05) is 0 Å². The topological polar surface area (TPSA) is 72.2 Å². The summed E-state index contributed by atoms with van der Waals surface area (Å²) in [6.07, 6.45) is 2.15. The van der Waals surface area contributed by atoms with Gasteiger partial charge in [0.2, 0.25) is 0 Å². The van der Waals surface area contributed by atoms with Gasteiger partial charge in [-0.3, -0.25) is 9.36 Å². The Morgan fingerprint density at radius 3 is 2.93 bits per heavy atom. The molecule has 0 amide bonds. The summed E-state index contributed by atoms with van der Waals surface area (Å²) in [7, 11) is 0. The van der Waals surface area contributed by atoms with Gasteiger partial charge in [-0.2, -0.15) is 4.98 Å². The van der Waals surface area contributed by atoms with Crippen molar-refractivity contribution in [2.45, 2.75) is 26.3 Å². The van der Waals surface area contributed by atoms with Gasteiger partial charge in [0.1, 0.15) is 0 Å². The SMILES string of the molecule is Cc1ccn(CCCC(=O)O)c(=O)n1. The summed E-state index contributed by atoms with van der Waals surface area (Å²) < 4.78 is 1.41. The highest BCUT2D eigenvalue weighted by molar-refractivity contribution is 5.66. The van der Waals surface area contributed by atoms with E-state index < -0.39 is 5.97 Å². The van der Waals surface area contributed by atoms with Gasteiger partial charge in [-0.05, 0) is 19.4 Å². The Morgan fingerprint density at radius 1 is 1.64 bits per heavy atom. The van der Waals surface area contributed by atoms with Crippen molar-refractivity contribution in [2.24, 2.45) is 0 Å². The van der Waals surface area contributed by atoms with Gasteiger partial charge >= 0.3 is 11.7 Å². The molecule has 0 bridgehead atoms. The number of carbonyl (C=O) groups is 1. The van der Waals surface area contributed by atoms with Crippen molar-refractivity contribution in [1.82, 2.24) is 9.55 Å².